The minimum atomic E-state index is -0.277. The summed E-state index contributed by atoms with van der Waals surface area (Å²) in [5, 5.41) is 3.08. The molecule has 3 aromatic carbocycles. The third-order valence-corrected chi connectivity index (χ3v) is 6.05. The second-order valence-corrected chi connectivity index (χ2v) is 7.81. The third-order valence-electron chi connectivity index (χ3n) is 4.97. The summed E-state index contributed by atoms with van der Waals surface area (Å²) in [4.78, 5) is 19.3. The number of fused-ring (bicyclic) bond motifs is 2. The second kappa shape index (κ2) is 6.80. The summed E-state index contributed by atoms with van der Waals surface area (Å²) < 4.78 is 12.1. The first-order chi connectivity index (χ1) is 13.7. The van der Waals surface area contributed by atoms with Crippen molar-refractivity contribution >= 4 is 43.4 Å². The molecule has 1 aliphatic heterocycles. The lowest BCUT2D eigenvalue weighted by Crippen LogP contribution is -2.53. The van der Waals surface area contributed by atoms with Crippen LogP contribution in [-0.4, -0.2) is 37.3 Å². The zero-order valence-electron chi connectivity index (χ0n) is 15.3. The maximum absolute atomic E-state index is 12.5. The number of para-hydroxylation sites is 1. The van der Waals surface area contributed by atoms with Crippen LogP contribution < -0.4 is 9.64 Å². The van der Waals surface area contributed by atoms with Crippen molar-refractivity contribution in [1.29, 1.82) is 0 Å². The van der Waals surface area contributed by atoms with Gasteiger partial charge in [0.05, 0.1) is 30.5 Å². The number of methoxy groups -OCH3 is 1. The van der Waals surface area contributed by atoms with Gasteiger partial charge in [0.25, 0.3) is 0 Å². The van der Waals surface area contributed by atoms with Crippen LogP contribution in [0.4, 0.5) is 5.13 Å². The lowest BCUT2D eigenvalue weighted by molar-refractivity contribution is 0.0234. The van der Waals surface area contributed by atoms with E-state index in [1.165, 1.54) is 0 Å². The highest BCUT2D eigenvalue weighted by Gasteiger charge is 2.32. The van der Waals surface area contributed by atoms with Crippen LogP contribution in [-0.2, 0) is 4.74 Å². The lowest BCUT2D eigenvalue weighted by atomic mass is 10.1. The average molecular weight is 390 g/mol. The Kier molecular flexibility index (Phi) is 4.13. The van der Waals surface area contributed by atoms with Crippen molar-refractivity contribution in [3.05, 3.63) is 66.2 Å². The zero-order chi connectivity index (χ0) is 19.1. The molecule has 0 atom stereocenters. The van der Waals surface area contributed by atoms with Gasteiger partial charge in [0, 0.05) is 0 Å². The fraction of sp³-hybridized carbons (Fsp3) is 0.182. The number of esters is 1. The van der Waals surface area contributed by atoms with E-state index in [9.17, 15) is 4.79 Å². The fourth-order valence-corrected chi connectivity index (χ4v) is 4.42. The number of hydrogen-bond donors (Lipinski definition) is 0. The largest absolute Gasteiger partial charge is 0.494 e. The maximum atomic E-state index is 12.5. The van der Waals surface area contributed by atoms with Crippen LogP contribution >= 0.6 is 11.3 Å². The van der Waals surface area contributed by atoms with E-state index in [0.717, 1.165) is 31.9 Å². The molecule has 0 radical (unpaired) electrons. The number of aromatic nitrogens is 1. The number of rotatable bonds is 4. The van der Waals surface area contributed by atoms with E-state index in [0.29, 0.717) is 18.7 Å². The quantitative estimate of drug-likeness (QED) is 0.480. The molecule has 1 aliphatic rings. The molecule has 0 bridgehead atoms. The molecule has 5 rings (SSSR count). The molecule has 0 aliphatic carbocycles. The van der Waals surface area contributed by atoms with E-state index in [1.54, 1.807) is 18.4 Å². The molecule has 0 saturated carbocycles. The molecular formula is C22H18N2O3S. The van der Waals surface area contributed by atoms with E-state index in [4.69, 9.17) is 14.5 Å². The molecule has 0 amide bonds. The summed E-state index contributed by atoms with van der Waals surface area (Å²) >= 11 is 1.62. The predicted octanol–water partition coefficient (Wildman–Crippen LogP) is 4.50. The van der Waals surface area contributed by atoms with Gasteiger partial charge < -0.3 is 14.4 Å². The normalized spacial score (nSPS) is 14.2. The van der Waals surface area contributed by atoms with Crippen LogP contribution in [0.5, 0.6) is 5.75 Å². The molecule has 1 saturated heterocycles. The first-order valence-electron chi connectivity index (χ1n) is 9.09. The monoisotopic (exact) mass is 390 g/mol. The number of hydrogen-bond acceptors (Lipinski definition) is 6. The van der Waals surface area contributed by atoms with E-state index >= 15 is 0 Å². The van der Waals surface area contributed by atoms with Crippen LogP contribution in [0.3, 0.4) is 0 Å². The van der Waals surface area contributed by atoms with Crippen molar-refractivity contribution in [2.75, 3.05) is 25.1 Å². The van der Waals surface area contributed by atoms with Crippen molar-refractivity contribution in [2.24, 2.45) is 0 Å². The SMILES string of the molecule is COc1cccc2sc(N3CC(OC(=O)c4ccc5ccccc5c4)C3)nc12. The van der Waals surface area contributed by atoms with Gasteiger partial charge in [-0.2, -0.15) is 0 Å². The van der Waals surface area contributed by atoms with Gasteiger partial charge >= 0.3 is 5.97 Å². The summed E-state index contributed by atoms with van der Waals surface area (Å²) in [5.74, 6) is 0.501. The van der Waals surface area contributed by atoms with Crippen LogP contribution in [0.25, 0.3) is 21.0 Å². The average Bonchev–Trinajstić information content (AvgIpc) is 3.13. The van der Waals surface area contributed by atoms with Gasteiger partial charge in [0.2, 0.25) is 0 Å². The molecule has 140 valence electrons. The number of nitrogens with zero attached hydrogens (tertiary/aromatic N) is 2. The Balaban J connectivity index is 1.26. The molecule has 1 aromatic heterocycles. The van der Waals surface area contributed by atoms with Crippen LogP contribution in [0.2, 0.25) is 0 Å². The van der Waals surface area contributed by atoms with Gasteiger partial charge in [-0.1, -0.05) is 47.7 Å². The molecule has 5 nitrogen and oxygen atoms in total. The predicted molar refractivity (Wildman–Crippen MR) is 112 cm³/mol. The Morgan fingerprint density at radius 2 is 1.89 bits per heavy atom. The number of benzene rings is 3. The van der Waals surface area contributed by atoms with Crippen LogP contribution in [0.15, 0.2) is 60.7 Å². The summed E-state index contributed by atoms with van der Waals surface area (Å²) in [6, 6.07) is 19.6. The van der Waals surface area contributed by atoms with Gasteiger partial charge in [-0.15, -0.1) is 0 Å². The number of carbonyl (C=O) groups is 1. The molecule has 1 fully saturated rings. The highest BCUT2D eigenvalue weighted by atomic mass is 32.1. The topological polar surface area (TPSA) is 51.7 Å². The first kappa shape index (κ1) is 17.0. The molecular weight excluding hydrogens is 372 g/mol. The molecule has 0 spiro atoms. The minimum Gasteiger partial charge on any atom is -0.494 e. The molecule has 0 N–H and O–H groups in total. The summed E-state index contributed by atoms with van der Waals surface area (Å²) in [6.07, 6.45) is -0.118. The Bertz CT molecular complexity index is 1180. The number of anilines is 1. The minimum absolute atomic E-state index is 0.118. The maximum Gasteiger partial charge on any atom is 0.338 e. The van der Waals surface area contributed by atoms with Crippen molar-refractivity contribution in [1.82, 2.24) is 4.98 Å². The summed E-state index contributed by atoms with van der Waals surface area (Å²) in [6.45, 7) is 1.31. The van der Waals surface area contributed by atoms with Gasteiger partial charge in [-0.25, -0.2) is 9.78 Å². The Hall–Kier alpha value is -3.12. The smallest absolute Gasteiger partial charge is 0.338 e. The second-order valence-electron chi connectivity index (χ2n) is 6.80. The third kappa shape index (κ3) is 2.96. The lowest BCUT2D eigenvalue weighted by Gasteiger charge is -2.38. The Labute approximate surface area is 166 Å². The van der Waals surface area contributed by atoms with Gasteiger partial charge in [0.15, 0.2) is 5.13 Å². The van der Waals surface area contributed by atoms with E-state index in [1.807, 2.05) is 60.7 Å². The Morgan fingerprint density at radius 3 is 2.71 bits per heavy atom. The van der Waals surface area contributed by atoms with Gasteiger partial charge in [0.1, 0.15) is 17.4 Å². The van der Waals surface area contributed by atoms with Crippen molar-refractivity contribution < 1.29 is 14.3 Å². The summed E-state index contributed by atoms with van der Waals surface area (Å²) in [7, 11) is 1.65. The molecule has 28 heavy (non-hydrogen) atoms. The number of thiazole rings is 1. The molecule has 0 unspecified atom stereocenters. The van der Waals surface area contributed by atoms with Gasteiger partial charge in [-0.3, -0.25) is 0 Å². The summed E-state index contributed by atoms with van der Waals surface area (Å²) in [5.41, 5.74) is 1.46. The van der Waals surface area contributed by atoms with Crippen molar-refractivity contribution in [3.8, 4) is 5.75 Å². The molecule has 4 aromatic rings. The number of ether oxygens (including phenoxy) is 2. The highest BCUT2D eigenvalue weighted by molar-refractivity contribution is 7.22. The Morgan fingerprint density at radius 1 is 1.07 bits per heavy atom. The van der Waals surface area contributed by atoms with E-state index in [-0.39, 0.29) is 12.1 Å². The zero-order valence-corrected chi connectivity index (χ0v) is 16.1. The number of carbonyl (C=O) groups excluding carboxylic acids is 1. The molecule has 6 heteroatoms. The van der Waals surface area contributed by atoms with Gasteiger partial charge in [-0.05, 0) is 35.0 Å². The standard InChI is InChI=1S/C22H18N2O3S/c1-26-18-7-4-8-19-20(18)23-22(28-19)24-12-17(13-24)27-21(25)16-10-9-14-5-2-3-6-15(14)11-16/h2-11,17H,12-13H2,1H3. The van der Waals surface area contributed by atoms with Crippen LogP contribution in [0, 0.1) is 0 Å². The first-order valence-corrected chi connectivity index (χ1v) is 9.91. The van der Waals surface area contributed by atoms with Crippen LogP contribution in [0.1, 0.15) is 10.4 Å². The fourth-order valence-electron chi connectivity index (χ4n) is 3.42. The molecule has 2 heterocycles. The van der Waals surface area contributed by atoms with Crippen molar-refractivity contribution in [3.63, 3.8) is 0 Å². The highest BCUT2D eigenvalue weighted by Crippen LogP contribution is 2.36. The van der Waals surface area contributed by atoms with E-state index < -0.39 is 0 Å². The van der Waals surface area contributed by atoms with E-state index in [2.05, 4.69) is 4.90 Å². The van der Waals surface area contributed by atoms with Crippen molar-refractivity contribution in [2.45, 2.75) is 6.10 Å².